The number of ether oxygens (including phenoxy) is 1. The summed E-state index contributed by atoms with van der Waals surface area (Å²) < 4.78 is 21.7. The van der Waals surface area contributed by atoms with Gasteiger partial charge in [-0.25, -0.2) is 18.7 Å². The van der Waals surface area contributed by atoms with Crippen molar-refractivity contribution in [2.75, 3.05) is 12.3 Å². The van der Waals surface area contributed by atoms with E-state index in [1.54, 1.807) is 16.8 Å². The minimum absolute atomic E-state index is 0.0657. The van der Waals surface area contributed by atoms with E-state index in [-0.39, 0.29) is 17.3 Å². The van der Waals surface area contributed by atoms with Gasteiger partial charge in [0.05, 0.1) is 5.69 Å². The summed E-state index contributed by atoms with van der Waals surface area (Å²) in [5.41, 5.74) is 6.00. The fourth-order valence-corrected chi connectivity index (χ4v) is 3.79. The summed E-state index contributed by atoms with van der Waals surface area (Å²) in [5, 5.41) is 4.33. The number of hydrogen-bond donors (Lipinski definition) is 1. The number of aromatic nitrogens is 4. The summed E-state index contributed by atoms with van der Waals surface area (Å²) in [4.78, 5) is 49.5. The second-order valence-corrected chi connectivity index (χ2v) is 7.48. The highest BCUT2D eigenvalue weighted by Gasteiger charge is 2.29. The quantitative estimate of drug-likeness (QED) is 0.451. The van der Waals surface area contributed by atoms with Crippen molar-refractivity contribution >= 4 is 17.6 Å². The monoisotopic (exact) mass is 441 g/mol. The number of ketones is 1. The third-order valence-electron chi connectivity index (χ3n) is 5.52. The molecule has 0 saturated heterocycles. The van der Waals surface area contributed by atoms with Crippen LogP contribution in [0.15, 0.2) is 33.9 Å². The topological polar surface area (TPSA) is 131 Å². The Balaban J connectivity index is 1.59. The van der Waals surface area contributed by atoms with Crippen molar-refractivity contribution in [3.63, 3.8) is 0 Å². The number of Topliss-reactive ketones (excluding diaryl/α,β-unsaturated/α-hetero) is 1. The van der Waals surface area contributed by atoms with Crippen LogP contribution in [0.25, 0.3) is 5.69 Å². The van der Waals surface area contributed by atoms with E-state index in [9.17, 15) is 23.6 Å². The molecule has 166 valence electrons. The standard InChI is InChI=1S/C21H20FN5O5/c1-25-18(23)16(19(29)26(2)21(25)31)15(28)10-32-20(30)17-13-4-3-5-14(13)27(24-17)12-8-6-11(22)7-9-12/h6-9H,3-5,10,23H2,1-2H3. The molecule has 0 saturated carbocycles. The molecule has 4 rings (SSSR count). The number of esters is 1. The summed E-state index contributed by atoms with van der Waals surface area (Å²) in [6.45, 7) is -0.741. The molecule has 0 bridgehead atoms. The van der Waals surface area contributed by atoms with Crippen LogP contribution in [0.4, 0.5) is 10.2 Å². The molecular weight excluding hydrogens is 421 g/mol. The number of nitrogens with zero attached hydrogens (tertiary/aromatic N) is 4. The lowest BCUT2D eigenvalue weighted by molar-refractivity contribution is 0.0467. The third-order valence-corrected chi connectivity index (χ3v) is 5.52. The predicted octanol–water partition coefficient (Wildman–Crippen LogP) is 0.519. The number of hydrogen-bond acceptors (Lipinski definition) is 7. The van der Waals surface area contributed by atoms with Crippen LogP contribution in [0.2, 0.25) is 0 Å². The second-order valence-electron chi connectivity index (χ2n) is 7.48. The number of benzene rings is 1. The molecule has 2 N–H and O–H groups in total. The summed E-state index contributed by atoms with van der Waals surface area (Å²) in [6, 6.07) is 5.70. The Hall–Kier alpha value is -4.02. The average molecular weight is 441 g/mol. The van der Waals surface area contributed by atoms with Gasteiger partial charge in [0.15, 0.2) is 12.3 Å². The van der Waals surface area contributed by atoms with Gasteiger partial charge in [-0.3, -0.25) is 18.7 Å². The molecule has 0 atom stereocenters. The Morgan fingerprint density at radius 3 is 2.50 bits per heavy atom. The van der Waals surface area contributed by atoms with Crippen molar-refractivity contribution in [2.24, 2.45) is 14.1 Å². The molecule has 11 heteroatoms. The zero-order chi connectivity index (χ0) is 23.2. The molecule has 1 aliphatic rings. The zero-order valence-corrected chi connectivity index (χ0v) is 17.4. The summed E-state index contributed by atoms with van der Waals surface area (Å²) in [5.74, 6) is -2.35. The van der Waals surface area contributed by atoms with E-state index in [0.29, 0.717) is 24.1 Å². The van der Waals surface area contributed by atoms with Crippen LogP contribution < -0.4 is 17.0 Å². The predicted molar refractivity (Wildman–Crippen MR) is 111 cm³/mol. The minimum atomic E-state index is -0.867. The molecule has 0 aliphatic heterocycles. The number of anilines is 1. The molecule has 32 heavy (non-hydrogen) atoms. The molecule has 0 unspecified atom stereocenters. The van der Waals surface area contributed by atoms with Crippen LogP contribution >= 0.6 is 0 Å². The zero-order valence-electron chi connectivity index (χ0n) is 17.4. The van der Waals surface area contributed by atoms with E-state index in [0.717, 1.165) is 21.2 Å². The van der Waals surface area contributed by atoms with Crippen LogP contribution in [-0.4, -0.2) is 37.3 Å². The first-order valence-electron chi connectivity index (χ1n) is 9.83. The highest BCUT2D eigenvalue weighted by Crippen LogP contribution is 2.28. The minimum Gasteiger partial charge on any atom is -0.452 e. The van der Waals surface area contributed by atoms with Gasteiger partial charge in [0.2, 0.25) is 5.78 Å². The van der Waals surface area contributed by atoms with Gasteiger partial charge in [-0.15, -0.1) is 0 Å². The smallest absolute Gasteiger partial charge is 0.359 e. The molecule has 0 spiro atoms. The van der Waals surface area contributed by atoms with Crippen molar-refractivity contribution in [3.8, 4) is 5.69 Å². The molecule has 2 aromatic heterocycles. The highest BCUT2D eigenvalue weighted by molar-refractivity contribution is 6.02. The number of nitrogen functional groups attached to an aromatic ring is 1. The van der Waals surface area contributed by atoms with Crippen LogP contribution in [0.5, 0.6) is 0 Å². The first-order valence-corrected chi connectivity index (χ1v) is 9.83. The van der Waals surface area contributed by atoms with Gasteiger partial charge < -0.3 is 10.5 Å². The fraction of sp³-hybridized carbons (Fsp3) is 0.286. The van der Waals surface area contributed by atoms with Crippen molar-refractivity contribution in [1.29, 1.82) is 0 Å². The lowest BCUT2D eigenvalue weighted by Crippen LogP contribution is -2.42. The van der Waals surface area contributed by atoms with Gasteiger partial charge in [-0.2, -0.15) is 5.10 Å². The first-order chi connectivity index (χ1) is 15.2. The molecule has 0 radical (unpaired) electrons. The number of carbonyl (C=O) groups is 2. The average Bonchev–Trinajstić information content (AvgIpc) is 3.38. The summed E-state index contributed by atoms with van der Waals surface area (Å²) in [6.07, 6.45) is 2.12. The molecule has 1 aromatic carbocycles. The Labute approximate surface area is 180 Å². The second kappa shape index (κ2) is 7.91. The third kappa shape index (κ3) is 3.41. The van der Waals surface area contributed by atoms with E-state index >= 15 is 0 Å². The normalized spacial score (nSPS) is 12.6. The lowest BCUT2D eigenvalue weighted by atomic mass is 10.2. The molecule has 3 aromatic rings. The van der Waals surface area contributed by atoms with E-state index in [1.165, 1.54) is 26.2 Å². The van der Waals surface area contributed by atoms with E-state index < -0.39 is 35.2 Å². The van der Waals surface area contributed by atoms with Gasteiger partial charge in [-0.1, -0.05) is 0 Å². The van der Waals surface area contributed by atoms with E-state index in [1.807, 2.05) is 0 Å². The fourth-order valence-electron chi connectivity index (χ4n) is 3.79. The van der Waals surface area contributed by atoms with Crippen LogP contribution in [0, 0.1) is 5.82 Å². The Morgan fingerprint density at radius 2 is 1.81 bits per heavy atom. The van der Waals surface area contributed by atoms with Gasteiger partial charge in [0.1, 0.15) is 17.2 Å². The van der Waals surface area contributed by atoms with Crippen LogP contribution in [-0.2, 0) is 31.7 Å². The maximum absolute atomic E-state index is 13.3. The largest absolute Gasteiger partial charge is 0.452 e. The number of nitrogens with two attached hydrogens (primary N) is 1. The summed E-state index contributed by atoms with van der Waals surface area (Å²) in [7, 11) is 2.55. The van der Waals surface area contributed by atoms with Gasteiger partial charge in [0, 0.05) is 25.4 Å². The van der Waals surface area contributed by atoms with Crippen LogP contribution in [0.3, 0.4) is 0 Å². The van der Waals surface area contributed by atoms with Gasteiger partial charge in [-0.05, 0) is 43.5 Å². The number of carbonyl (C=O) groups excluding carboxylic acids is 2. The van der Waals surface area contributed by atoms with Crippen molar-refractivity contribution in [2.45, 2.75) is 19.3 Å². The molecule has 2 heterocycles. The Kier molecular flexibility index (Phi) is 5.25. The lowest BCUT2D eigenvalue weighted by Gasteiger charge is -2.10. The first kappa shape index (κ1) is 21.2. The molecule has 0 fully saturated rings. The molecule has 10 nitrogen and oxygen atoms in total. The SMILES string of the molecule is Cn1c(N)c(C(=O)COC(=O)c2nn(-c3ccc(F)cc3)c3c2CCC3)c(=O)n(C)c1=O. The Morgan fingerprint density at radius 1 is 1.12 bits per heavy atom. The van der Waals surface area contributed by atoms with Crippen molar-refractivity contribution < 1.29 is 18.7 Å². The Bertz CT molecular complexity index is 1370. The maximum Gasteiger partial charge on any atom is 0.359 e. The molecular formula is C21H20FN5O5. The van der Waals surface area contributed by atoms with Crippen LogP contribution in [0.1, 0.15) is 38.5 Å². The number of halogens is 1. The number of rotatable bonds is 5. The molecule has 1 aliphatic carbocycles. The molecule has 0 amide bonds. The summed E-state index contributed by atoms with van der Waals surface area (Å²) >= 11 is 0. The maximum atomic E-state index is 13.3. The van der Waals surface area contributed by atoms with E-state index in [2.05, 4.69) is 5.10 Å². The number of fused-ring (bicyclic) bond motifs is 1. The van der Waals surface area contributed by atoms with Gasteiger partial charge >= 0.3 is 11.7 Å². The van der Waals surface area contributed by atoms with Crippen molar-refractivity contribution in [3.05, 3.63) is 73.4 Å². The highest BCUT2D eigenvalue weighted by atomic mass is 19.1. The van der Waals surface area contributed by atoms with Crippen molar-refractivity contribution in [1.82, 2.24) is 18.9 Å². The van der Waals surface area contributed by atoms with E-state index in [4.69, 9.17) is 10.5 Å². The van der Waals surface area contributed by atoms with Gasteiger partial charge in [0.25, 0.3) is 5.56 Å².